The lowest BCUT2D eigenvalue weighted by molar-refractivity contribution is 0.143. The van der Waals surface area contributed by atoms with E-state index in [0.29, 0.717) is 12.0 Å². The molecule has 1 aromatic carbocycles. The smallest absolute Gasteiger partial charge is 0.0507 e. The van der Waals surface area contributed by atoms with Gasteiger partial charge in [-0.15, -0.1) is 0 Å². The average molecular weight is 311 g/mol. The summed E-state index contributed by atoms with van der Waals surface area (Å²) in [6, 6.07) is 6.76. The van der Waals surface area contributed by atoms with Crippen molar-refractivity contribution in [1.82, 2.24) is 5.32 Å². The first-order valence-electron chi connectivity index (χ1n) is 7.92. The Balaban J connectivity index is 2.08. The molecule has 1 aliphatic heterocycles. The van der Waals surface area contributed by atoms with E-state index in [0.717, 1.165) is 31.3 Å². The first-order chi connectivity index (χ1) is 10.2. The molecule has 1 aliphatic rings. The van der Waals surface area contributed by atoms with E-state index in [2.05, 4.69) is 42.3 Å². The average Bonchev–Trinajstić information content (AvgIpc) is 2.48. The molecule has 1 fully saturated rings. The number of ether oxygens (including phenoxy) is 1. The van der Waals surface area contributed by atoms with E-state index in [9.17, 15) is 0 Å². The third-order valence-electron chi connectivity index (χ3n) is 4.25. The number of methoxy groups -OCH3 is 1. The zero-order valence-electron chi connectivity index (χ0n) is 13.4. The predicted octanol–water partition coefficient (Wildman–Crippen LogP) is 3.87. The molecule has 3 nitrogen and oxygen atoms in total. The van der Waals surface area contributed by atoms with E-state index < -0.39 is 0 Å². The zero-order chi connectivity index (χ0) is 15.2. The molecule has 0 radical (unpaired) electrons. The summed E-state index contributed by atoms with van der Waals surface area (Å²) in [5.41, 5.74) is 2.40. The number of nitrogens with zero attached hydrogens (tertiary/aromatic N) is 1. The summed E-state index contributed by atoms with van der Waals surface area (Å²) < 4.78 is 5.31. The summed E-state index contributed by atoms with van der Waals surface area (Å²) in [5, 5.41) is 4.27. The topological polar surface area (TPSA) is 24.5 Å². The maximum absolute atomic E-state index is 6.49. The Bertz CT molecular complexity index is 450. The minimum absolute atomic E-state index is 0.291. The summed E-state index contributed by atoms with van der Waals surface area (Å²) >= 11 is 6.49. The highest BCUT2D eigenvalue weighted by Crippen LogP contribution is 2.30. The predicted molar refractivity (Wildman–Crippen MR) is 90.4 cm³/mol. The Kier molecular flexibility index (Phi) is 6.34. The van der Waals surface area contributed by atoms with Crippen LogP contribution in [0.5, 0.6) is 0 Å². The monoisotopic (exact) mass is 310 g/mol. The Morgan fingerprint density at radius 1 is 1.48 bits per heavy atom. The number of nitrogens with one attached hydrogen (secondary N) is 1. The van der Waals surface area contributed by atoms with Crippen LogP contribution in [0.1, 0.15) is 38.3 Å². The first kappa shape index (κ1) is 16.6. The lowest BCUT2D eigenvalue weighted by Gasteiger charge is -2.34. The highest BCUT2D eigenvalue weighted by atomic mass is 35.5. The molecule has 0 spiro atoms. The molecule has 118 valence electrons. The molecular formula is C17H27ClN2O. The highest BCUT2D eigenvalue weighted by Gasteiger charge is 2.21. The fourth-order valence-electron chi connectivity index (χ4n) is 3.15. The minimum atomic E-state index is 0.291. The molecule has 1 heterocycles. The maximum atomic E-state index is 6.49. The van der Waals surface area contributed by atoms with Crippen molar-refractivity contribution >= 4 is 17.3 Å². The van der Waals surface area contributed by atoms with E-state index in [1.54, 1.807) is 7.11 Å². The van der Waals surface area contributed by atoms with Crippen molar-refractivity contribution in [3.8, 4) is 0 Å². The molecule has 1 N–H and O–H groups in total. The summed E-state index contributed by atoms with van der Waals surface area (Å²) in [5.74, 6) is 0.628. The lowest BCUT2D eigenvalue weighted by atomic mass is 9.98. The molecule has 0 aliphatic carbocycles. The van der Waals surface area contributed by atoms with Gasteiger partial charge in [0.2, 0.25) is 0 Å². The van der Waals surface area contributed by atoms with E-state index in [1.165, 1.54) is 24.1 Å². The SMILES string of the molecule is CCNC(C)c1ccc(N2CCCC(COC)C2)cc1Cl. The van der Waals surface area contributed by atoms with Crippen LogP contribution in [0.25, 0.3) is 0 Å². The zero-order valence-corrected chi connectivity index (χ0v) is 14.1. The minimum Gasteiger partial charge on any atom is -0.384 e. The number of rotatable bonds is 6. The number of halogens is 1. The van der Waals surface area contributed by atoms with Gasteiger partial charge in [-0.2, -0.15) is 0 Å². The van der Waals surface area contributed by atoms with Crippen molar-refractivity contribution in [1.29, 1.82) is 0 Å². The van der Waals surface area contributed by atoms with Crippen molar-refractivity contribution in [2.75, 3.05) is 38.3 Å². The van der Waals surface area contributed by atoms with E-state index in [-0.39, 0.29) is 0 Å². The van der Waals surface area contributed by atoms with Gasteiger partial charge in [0.05, 0.1) is 6.61 Å². The van der Waals surface area contributed by atoms with Crippen molar-refractivity contribution in [2.45, 2.75) is 32.7 Å². The van der Waals surface area contributed by atoms with Gasteiger partial charge in [0, 0.05) is 37.0 Å². The lowest BCUT2D eigenvalue weighted by Crippen LogP contribution is -2.37. The van der Waals surface area contributed by atoms with Crippen LogP contribution in [-0.4, -0.2) is 33.4 Å². The Labute approximate surface area is 133 Å². The molecule has 1 aromatic rings. The summed E-state index contributed by atoms with van der Waals surface area (Å²) in [6.07, 6.45) is 2.48. The third-order valence-corrected chi connectivity index (χ3v) is 4.57. The first-order valence-corrected chi connectivity index (χ1v) is 8.30. The van der Waals surface area contributed by atoms with Crippen LogP contribution in [0.4, 0.5) is 5.69 Å². The molecule has 2 unspecified atom stereocenters. The summed E-state index contributed by atoms with van der Waals surface area (Å²) in [4.78, 5) is 2.43. The standard InChI is InChI=1S/C17H27ClN2O/c1-4-19-13(2)16-8-7-15(10-17(16)18)20-9-5-6-14(11-20)12-21-3/h7-8,10,13-14,19H,4-6,9,11-12H2,1-3H3. The van der Waals surface area contributed by atoms with Crippen LogP contribution in [0.15, 0.2) is 18.2 Å². The molecule has 0 amide bonds. The molecule has 4 heteroatoms. The van der Waals surface area contributed by atoms with Gasteiger partial charge >= 0.3 is 0 Å². The molecule has 2 rings (SSSR count). The van der Waals surface area contributed by atoms with Gasteiger partial charge in [-0.1, -0.05) is 24.6 Å². The van der Waals surface area contributed by atoms with E-state index in [4.69, 9.17) is 16.3 Å². The molecule has 0 saturated carbocycles. The van der Waals surface area contributed by atoms with Gasteiger partial charge in [0.25, 0.3) is 0 Å². The molecule has 0 bridgehead atoms. The summed E-state index contributed by atoms with van der Waals surface area (Å²) in [7, 11) is 1.78. The number of hydrogen-bond acceptors (Lipinski definition) is 3. The Morgan fingerprint density at radius 3 is 2.95 bits per heavy atom. The fraction of sp³-hybridized carbons (Fsp3) is 0.647. The van der Waals surface area contributed by atoms with Gasteiger partial charge in [0.15, 0.2) is 0 Å². The van der Waals surface area contributed by atoms with Crippen LogP contribution in [0.2, 0.25) is 5.02 Å². The van der Waals surface area contributed by atoms with E-state index >= 15 is 0 Å². The van der Waals surface area contributed by atoms with Gasteiger partial charge < -0.3 is 15.0 Å². The van der Waals surface area contributed by atoms with Gasteiger partial charge in [-0.05, 0) is 49.9 Å². The van der Waals surface area contributed by atoms with Crippen molar-refractivity contribution < 1.29 is 4.74 Å². The Morgan fingerprint density at radius 2 is 2.29 bits per heavy atom. The highest BCUT2D eigenvalue weighted by molar-refractivity contribution is 6.31. The molecule has 0 aromatic heterocycles. The molecule has 1 saturated heterocycles. The molecular weight excluding hydrogens is 284 g/mol. The van der Waals surface area contributed by atoms with Crippen LogP contribution in [0.3, 0.4) is 0 Å². The van der Waals surface area contributed by atoms with Crippen LogP contribution >= 0.6 is 11.6 Å². The van der Waals surface area contributed by atoms with Crippen molar-refractivity contribution in [3.63, 3.8) is 0 Å². The van der Waals surface area contributed by atoms with E-state index in [1.807, 2.05) is 0 Å². The van der Waals surface area contributed by atoms with Crippen LogP contribution in [0, 0.1) is 5.92 Å². The summed E-state index contributed by atoms with van der Waals surface area (Å²) in [6.45, 7) is 8.23. The molecule has 2 atom stereocenters. The van der Waals surface area contributed by atoms with Crippen LogP contribution < -0.4 is 10.2 Å². The molecule has 21 heavy (non-hydrogen) atoms. The Hall–Kier alpha value is -0.770. The number of benzene rings is 1. The number of piperidine rings is 1. The number of anilines is 1. The van der Waals surface area contributed by atoms with Gasteiger partial charge in [-0.3, -0.25) is 0 Å². The van der Waals surface area contributed by atoms with Gasteiger partial charge in [0.1, 0.15) is 0 Å². The quantitative estimate of drug-likeness (QED) is 0.863. The number of hydrogen-bond donors (Lipinski definition) is 1. The largest absolute Gasteiger partial charge is 0.384 e. The van der Waals surface area contributed by atoms with Crippen molar-refractivity contribution in [3.05, 3.63) is 28.8 Å². The van der Waals surface area contributed by atoms with Gasteiger partial charge in [-0.25, -0.2) is 0 Å². The second kappa shape index (κ2) is 8.02. The normalized spacial score (nSPS) is 20.6. The second-order valence-corrected chi connectivity index (χ2v) is 6.30. The second-order valence-electron chi connectivity index (χ2n) is 5.89. The fourth-order valence-corrected chi connectivity index (χ4v) is 3.49. The maximum Gasteiger partial charge on any atom is 0.0507 e. The van der Waals surface area contributed by atoms with Crippen LogP contribution in [-0.2, 0) is 4.74 Å². The third kappa shape index (κ3) is 4.35. The van der Waals surface area contributed by atoms with Crippen molar-refractivity contribution in [2.24, 2.45) is 5.92 Å².